The van der Waals surface area contributed by atoms with Gasteiger partial charge in [-0.05, 0) is 30.5 Å². The molecule has 1 heterocycles. The topological polar surface area (TPSA) is 29.9 Å². The number of benzene rings is 1. The molecule has 3 nitrogen and oxygen atoms in total. The summed E-state index contributed by atoms with van der Waals surface area (Å²) in [7, 11) is 1.99. The average molecular weight is 261 g/mol. The first-order valence-corrected chi connectivity index (χ1v) is 7.34. The highest BCUT2D eigenvalue weighted by molar-refractivity contribution is 7.98. The standard InChI is InChI=1S/C14H19N3S/c1-4-15-14(12-9-10-16-17(12)2)11-7-5-6-8-13(11)18-3/h5-10,14-15H,4H2,1-3H3. The quantitative estimate of drug-likeness (QED) is 0.839. The molecule has 1 aromatic carbocycles. The van der Waals surface area contributed by atoms with Crippen LogP contribution in [0.2, 0.25) is 0 Å². The van der Waals surface area contributed by atoms with Crippen LogP contribution >= 0.6 is 11.8 Å². The summed E-state index contributed by atoms with van der Waals surface area (Å²) >= 11 is 1.78. The van der Waals surface area contributed by atoms with E-state index in [2.05, 4.69) is 53.9 Å². The summed E-state index contributed by atoms with van der Waals surface area (Å²) in [6.45, 7) is 3.06. The molecule has 96 valence electrons. The second kappa shape index (κ2) is 6.07. The lowest BCUT2D eigenvalue weighted by Crippen LogP contribution is -2.24. The Labute approximate surface area is 113 Å². The first-order chi connectivity index (χ1) is 8.77. The Balaban J connectivity index is 2.45. The molecule has 4 heteroatoms. The average Bonchev–Trinajstić information content (AvgIpc) is 2.82. The van der Waals surface area contributed by atoms with Gasteiger partial charge in [0.25, 0.3) is 0 Å². The minimum Gasteiger partial charge on any atom is -0.305 e. The molecule has 18 heavy (non-hydrogen) atoms. The summed E-state index contributed by atoms with van der Waals surface area (Å²) in [5, 5.41) is 7.81. The fraction of sp³-hybridized carbons (Fsp3) is 0.357. The predicted octanol–water partition coefficient (Wildman–Crippen LogP) is 2.84. The maximum absolute atomic E-state index is 4.27. The molecule has 0 saturated carbocycles. The lowest BCUT2D eigenvalue weighted by Gasteiger charge is -2.21. The van der Waals surface area contributed by atoms with E-state index in [0.29, 0.717) is 0 Å². The Morgan fingerprint density at radius 2 is 2.11 bits per heavy atom. The van der Waals surface area contributed by atoms with E-state index in [0.717, 1.165) is 6.54 Å². The van der Waals surface area contributed by atoms with E-state index in [1.807, 2.05) is 17.9 Å². The Hall–Kier alpha value is -1.26. The van der Waals surface area contributed by atoms with E-state index < -0.39 is 0 Å². The largest absolute Gasteiger partial charge is 0.305 e. The monoisotopic (exact) mass is 261 g/mol. The summed E-state index contributed by atoms with van der Waals surface area (Å²) < 4.78 is 1.93. The first-order valence-electron chi connectivity index (χ1n) is 6.12. The zero-order chi connectivity index (χ0) is 13.0. The van der Waals surface area contributed by atoms with Crippen molar-refractivity contribution in [3.05, 3.63) is 47.8 Å². The first kappa shape index (κ1) is 13.2. The van der Waals surface area contributed by atoms with Crippen LogP contribution in [-0.2, 0) is 7.05 Å². The third kappa shape index (κ3) is 2.60. The van der Waals surface area contributed by atoms with Gasteiger partial charge >= 0.3 is 0 Å². The van der Waals surface area contributed by atoms with Crippen LogP contribution in [-0.4, -0.2) is 22.6 Å². The number of rotatable bonds is 5. The molecule has 0 fully saturated rings. The van der Waals surface area contributed by atoms with Crippen LogP contribution in [0.15, 0.2) is 41.4 Å². The van der Waals surface area contributed by atoms with Crippen molar-refractivity contribution in [2.45, 2.75) is 17.9 Å². The Morgan fingerprint density at radius 1 is 1.33 bits per heavy atom. The summed E-state index contributed by atoms with van der Waals surface area (Å²) in [5.74, 6) is 0. The lowest BCUT2D eigenvalue weighted by atomic mass is 10.0. The predicted molar refractivity (Wildman–Crippen MR) is 77.0 cm³/mol. The molecule has 1 unspecified atom stereocenters. The van der Waals surface area contributed by atoms with Gasteiger partial charge in [0.05, 0.1) is 11.7 Å². The lowest BCUT2D eigenvalue weighted by molar-refractivity contribution is 0.566. The van der Waals surface area contributed by atoms with Gasteiger partial charge in [-0.15, -0.1) is 11.8 Å². The number of aryl methyl sites for hydroxylation is 1. The van der Waals surface area contributed by atoms with Crippen molar-refractivity contribution in [3.63, 3.8) is 0 Å². The highest BCUT2D eigenvalue weighted by atomic mass is 32.2. The Morgan fingerprint density at radius 3 is 2.72 bits per heavy atom. The van der Waals surface area contributed by atoms with Gasteiger partial charge in [0, 0.05) is 18.1 Å². The molecule has 0 radical (unpaired) electrons. The number of thioether (sulfide) groups is 1. The fourth-order valence-corrected chi connectivity index (χ4v) is 2.79. The molecule has 0 aliphatic rings. The number of hydrogen-bond acceptors (Lipinski definition) is 3. The van der Waals surface area contributed by atoms with Gasteiger partial charge in [0.1, 0.15) is 0 Å². The van der Waals surface area contributed by atoms with Gasteiger partial charge in [0.2, 0.25) is 0 Å². The zero-order valence-electron chi connectivity index (χ0n) is 11.1. The highest BCUT2D eigenvalue weighted by Crippen LogP contribution is 2.29. The van der Waals surface area contributed by atoms with E-state index in [9.17, 15) is 0 Å². The van der Waals surface area contributed by atoms with Gasteiger partial charge in [0.15, 0.2) is 0 Å². The van der Waals surface area contributed by atoms with E-state index in [1.54, 1.807) is 11.8 Å². The van der Waals surface area contributed by atoms with Crippen molar-refractivity contribution < 1.29 is 0 Å². The molecule has 0 bridgehead atoms. The van der Waals surface area contributed by atoms with E-state index in [-0.39, 0.29) is 6.04 Å². The molecule has 0 amide bonds. The van der Waals surface area contributed by atoms with Crippen LogP contribution < -0.4 is 5.32 Å². The minimum atomic E-state index is 0.200. The Bertz CT molecular complexity index is 507. The van der Waals surface area contributed by atoms with Crippen molar-refractivity contribution >= 4 is 11.8 Å². The molecule has 2 rings (SSSR count). The molecule has 0 aliphatic heterocycles. The van der Waals surface area contributed by atoms with Gasteiger partial charge in [-0.3, -0.25) is 4.68 Å². The molecular formula is C14H19N3S. The van der Waals surface area contributed by atoms with E-state index >= 15 is 0 Å². The molecule has 2 aromatic rings. The summed E-state index contributed by atoms with van der Waals surface area (Å²) in [5.41, 5.74) is 2.51. The van der Waals surface area contributed by atoms with Gasteiger partial charge in [-0.1, -0.05) is 25.1 Å². The molecule has 1 aromatic heterocycles. The van der Waals surface area contributed by atoms with Crippen LogP contribution in [0.5, 0.6) is 0 Å². The molecule has 1 N–H and O–H groups in total. The van der Waals surface area contributed by atoms with Crippen LogP contribution in [0.4, 0.5) is 0 Å². The SMILES string of the molecule is CCNC(c1ccccc1SC)c1ccnn1C. The Kier molecular flexibility index (Phi) is 4.44. The van der Waals surface area contributed by atoms with Crippen molar-refractivity contribution in [2.75, 3.05) is 12.8 Å². The molecule has 0 aliphatic carbocycles. The third-order valence-electron chi connectivity index (χ3n) is 3.01. The maximum atomic E-state index is 4.27. The number of nitrogens with zero attached hydrogens (tertiary/aromatic N) is 2. The van der Waals surface area contributed by atoms with Crippen molar-refractivity contribution in [3.8, 4) is 0 Å². The van der Waals surface area contributed by atoms with E-state index in [1.165, 1.54) is 16.2 Å². The van der Waals surface area contributed by atoms with Gasteiger partial charge in [-0.25, -0.2) is 0 Å². The van der Waals surface area contributed by atoms with Crippen LogP contribution in [0.25, 0.3) is 0 Å². The summed E-state index contributed by atoms with van der Waals surface area (Å²) in [6, 6.07) is 10.8. The van der Waals surface area contributed by atoms with Crippen molar-refractivity contribution in [2.24, 2.45) is 7.05 Å². The molecule has 0 saturated heterocycles. The summed E-state index contributed by atoms with van der Waals surface area (Å²) in [4.78, 5) is 1.31. The molecule has 0 spiro atoms. The van der Waals surface area contributed by atoms with Crippen molar-refractivity contribution in [1.82, 2.24) is 15.1 Å². The fourth-order valence-electron chi connectivity index (χ4n) is 2.15. The van der Waals surface area contributed by atoms with Crippen LogP contribution in [0.3, 0.4) is 0 Å². The number of nitrogens with one attached hydrogen (secondary N) is 1. The van der Waals surface area contributed by atoms with Crippen molar-refractivity contribution in [1.29, 1.82) is 0 Å². The van der Waals surface area contributed by atoms with Crippen LogP contribution in [0.1, 0.15) is 24.2 Å². The van der Waals surface area contributed by atoms with Gasteiger partial charge in [-0.2, -0.15) is 5.10 Å². The number of hydrogen-bond donors (Lipinski definition) is 1. The molecular weight excluding hydrogens is 242 g/mol. The summed E-state index contributed by atoms with van der Waals surface area (Å²) in [6.07, 6.45) is 3.96. The van der Waals surface area contributed by atoms with Gasteiger partial charge < -0.3 is 5.32 Å². The second-order valence-electron chi connectivity index (χ2n) is 4.11. The molecule has 1 atom stereocenters. The third-order valence-corrected chi connectivity index (χ3v) is 3.82. The maximum Gasteiger partial charge on any atom is 0.0758 e. The highest BCUT2D eigenvalue weighted by Gasteiger charge is 2.18. The second-order valence-corrected chi connectivity index (χ2v) is 4.96. The zero-order valence-corrected chi connectivity index (χ0v) is 11.9. The normalized spacial score (nSPS) is 12.6. The number of aromatic nitrogens is 2. The minimum absolute atomic E-state index is 0.200. The van der Waals surface area contributed by atoms with Crippen LogP contribution in [0, 0.1) is 0 Å². The smallest absolute Gasteiger partial charge is 0.0758 e. The van der Waals surface area contributed by atoms with E-state index in [4.69, 9.17) is 0 Å².